The van der Waals surface area contributed by atoms with Crippen molar-refractivity contribution in [3.05, 3.63) is 16.1 Å². The van der Waals surface area contributed by atoms with E-state index >= 15 is 0 Å². The summed E-state index contributed by atoms with van der Waals surface area (Å²) >= 11 is 1.51. The third kappa shape index (κ3) is 4.97. The smallest absolute Gasteiger partial charge is 0.323 e. The van der Waals surface area contributed by atoms with Gasteiger partial charge >= 0.3 is 12.0 Å². The van der Waals surface area contributed by atoms with Crippen LogP contribution in [0.1, 0.15) is 16.8 Å². The second-order valence-corrected chi connectivity index (χ2v) is 4.89. The molecule has 102 valence electrons. The molecular weight excluding hydrogens is 266 g/mol. The Kier molecular flexibility index (Phi) is 5.82. The number of hydrogen-bond acceptors (Lipinski definition) is 4. The molecule has 0 bridgehead atoms. The van der Waals surface area contributed by atoms with E-state index in [1.165, 1.54) is 11.3 Å². The van der Waals surface area contributed by atoms with Gasteiger partial charge in [-0.1, -0.05) is 12.8 Å². The minimum Gasteiger partial charge on any atom is -0.480 e. The number of aryl methyl sites for hydroxylation is 1. The van der Waals surface area contributed by atoms with E-state index in [9.17, 15) is 9.59 Å². The van der Waals surface area contributed by atoms with Crippen LogP contribution in [0.2, 0.25) is 0 Å². The predicted octanol–water partition coefficient (Wildman–Crippen LogP) is 0.935. The van der Waals surface area contributed by atoms with Crippen molar-refractivity contribution in [3.8, 4) is 12.3 Å². The van der Waals surface area contributed by atoms with E-state index in [4.69, 9.17) is 11.5 Å². The molecule has 0 aliphatic rings. The van der Waals surface area contributed by atoms with E-state index in [-0.39, 0.29) is 13.1 Å². The lowest BCUT2D eigenvalue weighted by molar-refractivity contribution is -0.137. The van der Waals surface area contributed by atoms with Gasteiger partial charge in [0.05, 0.1) is 13.1 Å². The maximum atomic E-state index is 11.8. The van der Waals surface area contributed by atoms with Crippen molar-refractivity contribution in [3.63, 3.8) is 0 Å². The number of carbonyl (C=O) groups excluding carboxylic acids is 1. The first-order chi connectivity index (χ1) is 9.06. The Labute approximate surface area is 115 Å². The van der Waals surface area contributed by atoms with Gasteiger partial charge in [0.2, 0.25) is 0 Å². The van der Waals surface area contributed by atoms with Crippen LogP contribution in [0, 0.1) is 12.3 Å². The van der Waals surface area contributed by atoms with Crippen molar-refractivity contribution in [1.29, 1.82) is 0 Å². The third-order valence-corrected chi connectivity index (χ3v) is 3.38. The second-order valence-electron chi connectivity index (χ2n) is 3.69. The molecule has 1 rings (SSSR count). The largest absolute Gasteiger partial charge is 0.480 e. The predicted molar refractivity (Wildman–Crippen MR) is 71.8 cm³/mol. The molecule has 1 heterocycles. The molecule has 0 aliphatic carbocycles. The molecule has 0 fully saturated rings. The normalized spacial score (nSPS) is 9.68. The number of carboxylic acids is 1. The van der Waals surface area contributed by atoms with Gasteiger partial charge in [-0.15, -0.1) is 17.8 Å². The number of amides is 2. The summed E-state index contributed by atoms with van der Waals surface area (Å²) in [5.41, 5.74) is 0. The minimum absolute atomic E-state index is 0.0454. The fourth-order valence-corrected chi connectivity index (χ4v) is 2.13. The molecule has 2 N–H and O–H groups in total. The molecule has 19 heavy (non-hydrogen) atoms. The first-order valence-electron chi connectivity index (χ1n) is 5.68. The van der Waals surface area contributed by atoms with Crippen molar-refractivity contribution in [1.82, 2.24) is 15.2 Å². The fourth-order valence-electron chi connectivity index (χ4n) is 1.33. The number of rotatable bonds is 6. The SMILES string of the molecule is C#CCN(CC(=O)O)C(=O)NCc1ncc(CC)s1. The molecule has 6 nitrogen and oxygen atoms in total. The lowest BCUT2D eigenvalue weighted by atomic mass is 10.4. The summed E-state index contributed by atoms with van der Waals surface area (Å²) in [6.07, 6.45) is 7.76. The van der Waals surface area contributed by atoms with E-state index < -0.39 is 18.5 Å². The summed E-state index contributed by atoms with van der Waals surface area (Å²) in [6.45, 7) is 1.83. The topological polar surface area (TPSA) is 82.5 Å². The highest BCUT2D eigenvalue weighted by molar-refractivity contribution is 7.11. The van der Waals surface area contributed by atoms with Gasteiger partial charge in [-0.05, 0) is 6.42 Å². The zero-order chi connectivity index (χ0) is 14.3. The quantitative estimate of drug-likeness (QED) is 0.760. The molecule has 1 aromatic rings. The number of hydrogen-bond donors (Lipinski definition) is 2. The first-order valence-corrected chi connectivity index (χ1v) is 6.50. The monoisotopic (exact) mass is 281 g/mol. The minimum atomic E-state index is -1.10. The van der Waals surface area contributed by atoms with Gasteiger partial charge in [-0.2, -0.15) is 0 Å². The highest BCUT2D eigenvalue weighted by Gasteiger charge is 2.15. The summed E-state index contributed by atoms with van der Waals surface area (Å²) in [7, 11) is 0. The molecule has 7 heteroatoms. The molecule has 0 saturated carbocycles. The molecule has 2 amide bonds. The van der Waals surface area contributed by atoms with Gasteiger partial charge in [0.1, 0.15) is 11.6 Å². The highest BCUT2D eigenvalue weighted by Crippen LogP contribution is 2.12. The van der Waals surface area contributed by atoms with Gasteiger partial charge in [-0.3, -0.25) is 4.79 Å². The number of nitrogens with one attached hydrogen (secondary N) is 1. The summed E-state index contributed by atoms with van der Waals surface area (Å²) in [5, 5.41) is 12.1. The Morgan fingerprint density at radius 1 is 1.63 bits per heavy atom. The molecule has 0 aliphatic heterocycles. The lowest BCUT2D eigenvalue weighted by Crippen LogP contribution is -2.42. The van der Waals surface area contributed by atoms with Crippen molar-refractivity contribution >= 4 is 23.3 Å². The number of aromatic nitrogens is 1. The van der Waals surface area contributed by atoms with Gasteiger partial charge < -0.3 is 15.3 Å². The average Bonchev–Trinajstić information content (AvgIpc) is 2.83. The van der Waals surface area contributed by atoms with Gasteiger partial charge in [0.15, 0.2) is 0 Å². The Hall–Kier alpha value is -2.07. The summed E-state index contributed by atoms with van der Waals surface area (Å²) in [6, 6.07) is -0.506. The van der Waals surface area contributed by atoms with Crippen molar-refractivity contribution in [2.75, 3.05) is 13.1 Å². The lowest BCUT2D eigenvalue weighted by Gasteiger charge is -2.17. The number of aliphatic carboxylic acids is 1. The van der Waals surface area contributed by atoms with E-state index in [1.807, 2.05) is 6.92 Å². The number of terminal acetylenes is 1. The molecule has 0 unspecified atom stereocenters. The Bertz CT molecular complexity index is 493. The molecule has 1 aromatic heterocycles. The molecular formula is C12H15N3O3S. The van der Waals surface area contributed by atoms with Crippen LogP contribution in [-0.4, -0.2) is 40.1 Å². The Morgan fingerprint density at radius 2 is 2.37 bits per heavy atom. The van der Waals surface area contributed by atoms with E-state index in [0.717, 1.165) is 21.2 Å². The molecule has 0 atom stereocenters. The standard InChI is InChI=1S/C12H15N3O3S/c1-3-5-15(8-11(16)17)12(18)14-7-10-13-6-9(4-2)19-10/h1,6H,4-5,7-8H2,2H3,(H,14,18)(H,16,17). The highest BCUT2D eigenvalue weighted by atomic mass is 32.1. The maximum Gasteiger partial charge on any atom is 0.323 e. The van der Waals surface area contributed by atoms with Gasteiger partial charge in [0, 0.05) is 11.1 Å². The first kappa shape index (κ1) is 15.0. The Morgan fingerprint density at radius 3 is 2.89 bits per heavy atom. The molecule has 0 radical (unpaired) electrons. The van der Waals surface area contributed by atoms with Crippen LogP contribution in [0.25, 0.3) is 0 Å². The molecule has 0 aromatic carbocycles. The summed E-state index contributed by atoms with van der Waals surface area (Å²) in [5.74, 6) is 1.15. The maximum absolute atomic E-state index is 11.8. The fraction of sp³-hybridized carbons (Fsp3) is 0.417. The zero-order valence-corrected chi connectivity index (χ0v) is 11.4. The van der Waals surface area contributed by atoms with E-state index in [0.29, 0.717) is 0 Å². The van der Waals surface area contributed by atoms with Gasteiger partial charge in [-0.25, -0.2) is 9.78 Å². The number of urea groups is 1. The van der Waals surface area contributed by atoms with Crippen LogP contribution in [-0.2, 0) is 17.8 Å². The van der Waals surface area contributed by atoms with Crippen LogP contribution in [0.3, 0.4) is 0 Å². The van der Waals surface area contributed by atoms with Crippen LogP contribution < -0.4 is 5.32 Å². The van der Waals surface area contributed by atoms with Crippen molar-refractivity contribution < 1.29 is 14.7 Å². The summed E-state index contributed by atoms with van der Waals surface area (Å²) < 4.78 is 0. The van der Waals surface area contributed by atoms with E-state index in [2.05, 4.69) is 16.2 Å². The van der Waals surface area contributed by atoms with Crippen molar-refractivity contribution in [2.24, 2.45) is 0 Å². The number of thiazole rings is 1. The molecule has 0 spiro atoms. The average molecular weight is 281 g/mol. The number of nitrogens with zero attached hydrogens (tertiary/aromatic N) is 2. The zero-order valence-electron chi connectivity index (χ0n) is 10.5. The number of carbonyl (C=O) groups is 2. The van der Waals surface area contributed by atoms with E-state index in [1.54, 1.807) is 6.20 Å². The molecule has 0 saturated heterocycles. The van der Waals surface area contributed by atoms with Crippen molar-refractivity contribution in [2.45, 2.75) is 19.9 Å². The van der Waals surface area contributed by atoms with Crippen LogP contribution in [0.15, 0.2) is 6.20 Å². The van der Waals surface area contributed by atoms with Crippen LogP contribution in [0.4, 0.5) is 4.79 Å². The van der Waals surface area contributed by atoms with Gasteiger partial charge in [0.25, 0.3) is 0 Å². The second kappa shape index (κ2) is 7.38. The Balaban J connectivity index is 2.52. The summed E-state index contributed by atoms with van der Waals surface area (Å²) in [4.78, 5) is 28.7. The third-order valence-electron chi connectivity index (χ3n) is 2.24. The van der Waals surface area contributed by atoms with Crippen LogP contribution in [0.5, 0.6) is 0 Å². The number of carboxylic acid groups (broad SMARTS) is 1. The van der Waals surface area contributed by atoms with Crippen LogP contribution >= 0.6 is 11.3 Å².